The maximum absolute atomic E-state index is 5.70. The minimum absolute atomic E-state index is 0.0282. The molecule has 0 amide bonds. The Kier molecular flexibility index (Phi) is 2.62. The first-order valence-electron chi connectivity index (χ1n) is 5.13. The van der Waals surface area contributed by atoms with Gasteiger partial charge in [0.05, 0.1) is 16.3 Å². The van der Waals surface area contributed by atoms with Crippen LogP contribution < -0.4 is 0 Å². The molecule has 78 valence electrons. The zero-order valence-corrected chi connectivity index (χ0v) is 9.86. The number of rotatable bonds is 1. The molecule has 14 heavy (non-hydrogen) atoms. The van der Waals surface area contributed by atoms with Gasteiger partial charge < -0.3 is 4.74 Å². The molecule has 2 heterocycles. The topological polar surface area (TPSA) is 22.1 Å². The minimum atomic E-state index is 0.0282. The van der Waals surface area contributed by atoms with E-state index in [1.54, 1.807) is 11.3 Å². The van der Waals surface area contributed by atoms with E-state index in [-0.39, 0.29) is 5.60 Å². The van der Waals surface area contributed by atoms with Crippen molar-refractivity contribution in [1.82, 2.24) is 4.98 Å². The molecule has 2 rings (SSSR count). The summed E-state index contributed by atoms with van der Waals surface area (Å²) in [6.07, 6.45) is 2.21. The van der Waals surface area contributed by atoms with Crippen molar-refractivity contribution in [2.45, 2.75) is 45.1 Å². The van der Waals surface area contributed by atoms with Crippen LogP contribution in [0.25, 0.3) is 0 Å². The lowest BCUT2D eigenvalue weighted by Gasteiger charge is -2.34. The summed E-state index contributed by atoms with van der Waals surface area (Å²) >= 11 is 1.75. The molecule has 0 saturated carbocycles. The van der Waals surface area contributed by atoms with Gasteiger partial charge in [-0.05, 0) is 33.6 Å². The summed E-state index contributed by atoms with van der Waals surface area (Å²) in [6, 6.07) is 0. The predicted molar refractivity (Wildman–Crippen MR) is 58.9 cm³/mol. The summed E-state index contributed by atoms with van der Waals surface area (Å²) in [7, 11) is 0. The van der Waals surface area contributed by atoms with Crippen LogP contribution >= 0.6 is 11.3 Å². The van der Waals surface area contributed by atoms with Gasteiger partial charge in [-0.15, -0.1) is 11.3 Å². The van der Waals surface area contributed by atoms with Crippen LogP contribution in [0.3, 0.4) is 0 Å². The monoisotopic (exact) mass is 211 g/mol. The highest BCUT2D eigenvalue weighted by molar-refractivity contribution is 7.09. The SMILES string of the molecule is Cc1nc([C@H]2CCOC(C)(C)C2)cs1. The summed E-state index contributed by atoms with van der Waals surface area (Å²) in [5.41, 5.74) is 1.30. The second kappa shape index (κ2) is 3.63. The molecule has 0 unspecified atom stereocenters. The van der Waals surface area contributed by atoms with Crippen molar-refractivity contribution in [3.8, 4) is 0 Å². The van der Waals surface area contributed by atoms with Gasteiger partial charge in [-0.25, -0.2) is 4.98 Å². The van der Waals surface area contributed by atoms with Gasteiger partial charge in [0, 0.05) is 17.9 Å². The molecular weight excluding hydrogens is 194 g/mol. The van der Waals surface area contributed by atoms with E-state index in [4.69, 9.17) is 4.74 Å². The predicted octanol–water partition coefficient (Wildman–Crippen LogP) is 3.12. The van der Waals surface area contributed by atoms with Crippen molar-refractivity contribution in [1.29, 1.82) is 0 Å². The Hall–Kier alpha value is -0.410. The number of hydrogen-bond acceptors (Lipinski definition) is 3. The van der Waals surface area contributed by atoms with Gasteiger partial charge in [-0.1, -0.05) is 0 Å². The molecule has 1 atom stereocenters. The smallest absolute Gasteiger partial charge is 0.0897 e. The Morgan fingerprint density at radius 1 is 1.57 bits per heavy atom. The van der Waals surface area contributed by atoms with Gasteiger partial charge in [0.2, 0.25) is 0 Å². The Morgan fingerprint density at radius 3 is 2.93 bits per heavy atom. The fourth-order valence-electron chi connectivity index (χ4n) is 2.05. The molecule has 1 aromatic rings. The molecule has 0 bridgehead atoms. The number of aromatic nitrogens is 1. The Morgan fingerprint density at radius 2 is 2.36 bits per heavy atom. The molecule has 0 aromatic carbocycles. The Labute approximate surface area is 89.3 Å². The average molecular weight is 211 g/mol. The lowest BCUT2D eigenvalue weighted by atomic mass is 9.87. The molecule has 1 fully saturated rings. The van der Waals surface area contributed by atoms with Gasteiger partial charge in [-0.3, -0.25) is 0 Å². The molecule has 1 saturated heterocycles. The molecular formula is C11H17NOS. The number of ether oxygens (including phenoxy) is 1. The minimum Gasteiger partial charge on any atom is -0.376 e. The van der Waals surface area contributed by atoms with E-state index in [1.807, 2.05) is 0 Å². The molecule has 1 aliphatic heterocycles. The van der Waals surface area contributed by atoms with Crippen LogP contribution in [-0.2, 0) is 4.74 Å². The molecule has 0 spiro atoms. The summed E-state index contributed by atoms with van der Waals surface area (Å²) in [5.74, 6) is 0.601. The average Bonchev–Trinajstić information content (AvgIpc) is 2.50. The third-order valence-electron chi connectivity index (χ3n) is 2.75. The normalized spacial score (nSPS) is 26.4. The largest absolute Gasteiger partial charge is 0.376 e. The van der Waals surface area contributed by atoms with Crippen LogP contribution in [0.2, 0.25) is 0 Å². The van der Waals surface area contributed by atoms with Gasteiger partial charge in [0.25, 0.3) is 0 Å². The quantitative estimate of drug-likeness (QED) is 0.712. The first kappa shape index (κ1) is 10.1. The van der Waals surface area contributed by atoms with Crippen LogP contribution in [0.4, 0.5) is 0 Å². The highest BCUT2D eigenvalue weighted by atomic mass is 32.1. The van der Waals surface area contributed by atoms with Gasteiger partial charge in [0.15, 0.2) is 0 Å². The van der Waals surface area contributed by atoms with E-state index in [1.165, 1.54) is 10.7 Å². The zero-order valence-electron chi connectivity index (χ0n) is 9.04. The lowest BCUT2D eigenvalue weighted by Crippen LogP contribution is -2.33. The van der Waals surface area contributed by atoms with Crippen LogP contribution in [-0.4, -0.2) is 17.2 Å². The van der Waals surface area contributed by atoms with Gasteiger partial charge in [0.1, 0.15) is 0 Å². The third kappa shape index (κ3) is 2.15. The highest BCUT2D eigenvalue weighted by Crippen LogP contribution is 2.35. The fraction of sp³-hybridized carbons (Fsp3) is 0.727. The first-order valence-corrected chi connectivity index (χ1v) is 6.01. The Balaban J connectivity index is 2.12. The fourth-order valence-corrected chi connectivity index (χ4v) is 2.75. The summed E-state index contributed by atoms with van der Waals surface area (Å²) in [4.78, 5) is 4.56. The maximum atomic E-state index is 5.70. The molecule has 0 aliphatic carbocycles. The van der Waals surface area contributed by atoms with Crippen molar-refractivity contribution in [3.05, 3.63) is 16.1 Å². The second-order valence-corrected chi connectivity index (χ2v) is 5.65. The number of hydrogen-bond donors (Lipinski definition) is 0. The van der Waals surface area contributed by atoms with Crippen LogP contribution in [0, 0.1) is 6.92 Å². The van der Waals surface area contributed by atoms with E-state index in [0.717, 1.165) is 19.4 Å². The van der Waals surface area contributed by atoms with Gasteiger partial charge in [-0.2, -0.15) is 0 Å². The van der Waals surface area contributed by atoms with E-state index < -0.39 is 0 Å². The second-order valence-electron chi connectivity index (χ2n) is 4.59. The van der Waals surface area contributed by atoms with E-state index >= 15 is 0 Å². The van der Waals surface area contributed by atoms with E-state index in [2.05, 4.69) is 31.1 Å². The van der Waals surface area contributed by atoms with Gasteiger partial charge >= 0.3 is 0 Å². The van der Waals surface area contributed by atoms with Crippen molar-refractivity contribution in [2.24, 2.45) is 0 Å². The van der Waals surface area contributed by atoms with Crippen LogP contribution in [0.1, 0.15) is 43.3 Å². The van der Waals surface area contributed by atoms with E-state index in [0.29, 0.717) is 5.92 Å². The van der Waals surface area contributed by atoms with Crippen LogP contribution in [0.15, 0.2) is 5.38 Å². The maximum Gasteiger partial charge on any atom is 0.0897 e. The van der Waals surface area contributed by atoms with Crippen LogP contribution in [0.5, 0.6) is 0 Å². The summed E-state index contributed by atoms with van der Waals surface area (Å²) in [5, 5.41) is 3.37. The van der Waals surface area contributed by atoms with Crippen molar-refractivity contribution >= 4 is 11.3 Å². The molecule has 0 radical (unpaired) electrons. The number of nitrogens with zero attached hydrogens (tertiary/aromatic N) is 1. The number of thiazole rings is 1. The van der Waals surface area contributed by atoms with Crippen molar-refractivity contribution in [2.75, 3.05) is 6.61 Å². The zero-order chi connectivity index (χ0) is 10.2. The molecule has 3 heteroatoms. The van der Waals surface area contributed by atoms with Crippen molar-refractivity contribution < 1.29 is 4.74 Å². The lowest BCUT2D eigenvalue weighted by molar-refractivity contribution is -0.0597. The number of aryl methyl sites for hydroxylation is 1. The molecule has 0 N–H and O–H groups in total. The molecule has 2 nitrogen and oxygen atoms in total. The summed E-state index contributed by atoms with van der Waals surface area (Å²) in [6.45, 7) is 7.27. The first-order chi connectivity index (χ1) is 6.57. The highest BCUT2D eigenvalue weighted by Gasteiger charge is 2.30. The van der Waals surface area contributed by atoms with Crippen molar-refractivity contribution in [3.63, 3.8) is 0 Å². The standard InChI is InChI=1S/C11H17NOS/c1-8-12-10(7-14-8)9-4-5-13-11(2,3)6-9/h7,9H,4-6H2,1-3H3/t9-/m0/s1. The third-order valence-corrected chi connectivity index (χ3v) is 3.54. The molecule has 1 aliphatic rings. The summed E-state index contributed by atoms with van der Waals surface area (Å²) < 4.78 is 5.70. The Bertz CT molecular complexity index is 319. The van der Waals surface area contributed by atoms with E-state index in [9.17, 15) is 0 Å². The molecule has 1 aromatic heterocycles.